The lowest BCUT2D eigenvalue weighted by Crippen LogP contribution is -1.86. The molecule has 92 valence electrons. The van der Waals surface area contributed by atoms with E-state index >= 15 is 0 Å². The molecule has 0 amide bonds. The van der Waals surface area contributed by atoms with Crippen LogP contribution in [0.4, 0.5) is 0 Å². The second kappa shape index (κ2) is 6.19. The fourth-order valence-electron chi connectivity index (χ4n) is 1.37. The number of thioether (sulfide) groups is 1. The molecular weight excluding hydrogens is 250 g/mol. The van der Waals surface area contributed by atoms with Gasteiger partial charge in [-0.1, -0.05) is 30.0 Å². The molecule has 18 heavy (non-hydrogen) atoms. The van der Waals surface area contributed by atoms with Gasteiger partial charge in [0.1, 0.15) is 6.61 Å². The van der Waals surface area contributed by atoms with Gasteiger partial charge in [0.15, 0.2) is 0 Å². The number of hydrogen-bond acceptors (Lipinski definition) is 6. The summed E-state index contributed by atoms with van der Waals surface area (Å²) in [5.74, 6) is 1.08. The molecule has 6 heteroatoms. The molecule has 1 heterocycles. The zero-order valence-corrected chi connectivity index (χ0v) is 10.6. The van der Waals surface area contributed by atoms with Gasteiger partial charge < -0.3 is 9.15 Å². The summed E-state index contributed by atoms with van der Waals surface area (Å²) in [7, 11) is 1.57. The minimum Gasteiger partial charge on any atom is -0.413 e. The van der Waals surface area contributed by atoms with Crippen LogP contribution >= 0.6 is 11.8 Å². The monoisotopic (exact) mass is 261 g/mol. The molecule has 0 aliphatic carbocycles. The number of aromatic nitrogens is 2. The summed E-state index contributed by atoms with van der Waals surface area (Å²) < 4.78 is 10.2. The number of methoxy groups -OCH3 is 1. The van der Waals surface area contributed by atoms with Crippen LogP contribution in [0.15, 0.2) is 33.9 Å². The first-order valence-electron chi connectivity index (χ1n) is 5.25. The maximum absolute atomic E-state index is 8.96. The van der Waals surface area contributed by atoms with Gasteiger partial charge in [-0.3, -0.25) is 0 Å². The van der Waals surface area contributed by atoms with E-state index in [-0.39, 0.29) is 0 Å². The Morgan fingerprint density at radius 3 is 3.00 bits per heavy atom. The molecule has 0 aliphatic heterocycles. The molecule has 0 N–H and O–H groups in total. The standard InChI is InChI=1S/C12H11N3O2S/c1-16-7-11-14-15-12(17-11)18-8-10-5-3-2-4-9(10)6-13/h2-5H,7-8H2,1H3. The predicted molar refractivity (Wildman–Crippen MR) is 65.7 cm³/mol. The molecule has 0 bridgehead atoms. The number of ether oxygens (including phenoxy) is 1. The van der Waals surface area contributed by atoms with E-state index < -0.39 is 0 Å². The Hall–Kier alpha value is -1.84. The summed E-state index contributed by atoms with van der Waals surface area (Å²) >= 11 is 1.40. The quantitative estimate of drug-likeness (QED) is 0.769. The minimum atomic E-state index is 0.308. The van der Waals surface area contributed by atoms with E-state index in [9.17, 15) is 0 Å². The molecule has 0 saturated carbocycles. The van der Waals surface area contributed by atoms with Crippen molar-refractivity contribution in [1.82, 2.24) is 10.2 Å². The van der Waals surface area contributed by atoms with Gasteiger partial charge in [-0.25, -0.2) is 0 Å². The molecule has 2 aromatic rings. The highest BCUT2D eigenvalue weighted by molar-refractivity contribution is 7.98. The number of benzene rings is 1. The van der Waals surface area contributed by atoms with Crippen LogP contribution in [0.5, 0.6) is 0 Å². The molecule has 0 saturated heterocycles. The van der Waals surface area contributed by atoms with Gasteiger partial charge in [0.05, 0.1) is 11.6 Å². The molecule has 5 nitrogen and oxygen atoms in total. The summed E-state index contributed by atoms with van der Waals surface area (Å²) in [4.78, 5) is 0. The van der Waals surface area contributed by atoms with E-state index in [1.807, 2.05) is 18.2 Å². The van der Waals surface area contributed by atoms with Gasteiger partial charge in [0.25, 0.3) is 5.22 Å². The molecule has 0 atom stereocenters. The smallest absolute Gasteiger partial charge is 0.276 e. The Labute approximate surface area is 109 Å². The van der Waals surface area contributed by atoms with Crippen LogP contribution in [0.3, 0.4) is 0 Å². The fraction of sp³-hybridized carbons (Fsp3) is 0.250. The van der Waals surface area contributed by atoms with Crippen molar-refractivity contribution in [3.63, 3.8) is 0 Å². The van der Waals surface area contributed by atoms with Crippen molar-refractivity contribution in [3.8, 4) is 6.07 Å². The Kier molecular flexibility index (Phi) is 4.34. The first-order chi connectivity index (χ1) is 8.83. The third-order valence-corrected chi connectivity index (χ3v) is 3.07. The lowest BCUT2D eigenvalue weighted by atomic mass is 10.1. The first kappa shape index (κ1) is 12.6. The zero-order chi connectivity index (χ0) is 12.8. The molecule has 0 spiro atoms. The highest BCUT2D eigenvalue weighted by Gasteiger charge is 2.08. The van der Waals surface area contributed by atoms with Crippen molar-refractivity contribution in [3.05, 3.63) is 41.3 Å². The van der Waals surface area contributed by atoms with Crippen molar-refractivity contribution in [2.45, 2.75) is 17.6 Å². The Morgan fingerprint density at radius 2 is 2.22 bits per heavy atom. The van der Waals surface area contributed by atoms with E-state index in [0.717, 1.165) is 5.56 Å². The molecule has 0 fully saturated rings. The third kappa shape index (κ3) is 3.09. The maximum atomic E-state index is 8.96. The highest BCUT2D eigenvalue weighted by atomic mass is 32.2. The molecule has 0 unspecified atom stereocenters. The van der Waals surface area contributed by atoms with Crippen molar-refractivity contribution in [2.24, 2.45) is 0 Å². The number of rotatable bonds is 5. The summed E-state index contributed by atoms with van der Waals surface area (Å²) in [6, 6.07) is 9.61. The van der Waals surface area contributed by atoms with E-state index in [2.05, 4.69) is 16.3 Å². The van der Waals surface area contributed by atoms with Crippen molar-refractivity contribution < 1.29 is 9.15 Å². The van der Waals surface area contributed by atoms with Gasteiger partial charge in [0.2, 0.25) is 5.89 Å². The largest absolute Gasteiger partial charge is 0.413 e. The van der Waals surface area contributed by atoms with Gasteiger partial charge >= 0.3 is 0 Å². The van der Waals surface area contributed by atoms with Gasteiger partial charge in [-0.15, -0.1) is 10.2 Å². The first-order valence-corrected chi connectivity index (χ1v) is 6.24. The van der Waals surface area contributed by atoms with Crippen LogP contribution in [-0.2, 0) is 17.1 Å². The fourth-order valence-corrected chi connectivity index (χ4v) is 2.16. The Morgan fingerprint density at radius 1 is 1.39 bits per heavy atom. The molecule has 2 rings (SSSR count). The zero-order valence-electron chi connectivity index (χ0n) is 9.79. The lowest BCUT2D eigenvalue weighted by molar-refractivity contribution is 0.155. The number of hydrogen-bond donors (Lipinski definition) is 0. The molecule has 0 aliphatic rings. The van der Waals surface area contributed by atoms with Crippen molar-refractivity contribution >= 4 is 11.8 Å². The number of nitrogens with zero attached hydrogens (tertiary/aromatic N) is 3. The predicted octanol–water partition coefficient (Wildman–Crippen LogP) is 2.38. The van der Waals surface area contributed by atoms with Crippen LogP contribution in [0, 0.1) is 11.3 Å². The normalized spacial score (nSPS) is 10.2. The van der Waals surface area contributed by atoms with Crippen LogP contribution in [0.25, 0.3) is 0 Å². The summed E-state index contributed by atoms with van der Waals surface area (Å²) in [5, 5.41) is 17.2. The molecule has 1 aromatic heterocycles. The van der Waals surface area contributed by atoms with Crippen molar-refractivity contribution in [1.29, 1.82) is 5.26 Å². The van der Waals surface area contributed by atoms with E-state index in [4.69, 9.17) is 14.4 Å². The molecular formula is C12H11N3O2S. The summed E-state index contributed by atoms with van der Waals surface area (Å²) in [6.07, 6.45) is 0. The maximum Gasteiger partial charge on any atom is 0.276 e. The Bertz CT molecular complexity index is 562. The van der Waals surface area contributed by atoms with Crippen LogP contribution in [-0.4, -0.2) is 17.3 Å². The highest BCUT2D eigenvalue weighted by Crippen LogP contribution is 2.23. The minimum absolute atomic E-state index is 0.308. The second-order valence-electron chi connectivity index (χ2n) is 3.45. The topological polar surface area (TPSA) is 71.9 Å². The number of nitriles is 1. The SMILES string of the molecule is COCc1nnc(SCc2ccccc2C#N)o1. The van der Waals surface area contributed by atoms with Crippen LogP contribution in [0.2, 0.25) is 0 Å². The van der Waals surface area contributed by atoms with Crippen LogP contribution in [0.1, 0.15) is 17.0 Å². The van der Waals surface area contributed by atoms with E-state index in [0.29, 0.717) is 29.0 Å². The van der Waals surface area contributed by atoms with Crippen molar-refractivity contribution in [2.75, 3.05) is 7.11 Å². The van der Waals surface area contributed by atoms with E-state index in [1.165, 1.54) is 11.8 Å². The summed E-state index contributed by atoms with van der Waals surface area (Å²) in [5.41, 5.74) is 1.62. The van der Waals surface area contributed by atoms with Gasteiger partial charge in [-0.2, -0.15) is 5.26 Å². The Balaban J connectivity index is 2.00. The molecule has 0 radical (unpaired) electrons. The van der Waals surface area contributed by atoms with Crippen LogP contribution < -0.4 is 0 Å². The lowest BCUT2D eigenvalue weighted by Gasteiger charge is -2.00. The average Bonchev–Trinajstić information content (AvgIpc) is 2.85. The van der Waals surface area contributed by atoms with E-state index in [1.54, 1.807) is 13.2 Å². The van der Waals surface area contributed by atoms with Gasteiger partial charge in [0, 0.05) is 12.9 Å². The third-order valence-electron chi connectivity index (χ3n) is 2.21. The second-order valence-corrected chi connectivity index (χ2v) is 4.38. The summed E-state index contributed by atoms with van der Waals surface area (Å²) in [6.45, 7) is 0.308. The average molecular weight is 261 g/mol. The van der Waals surface area contributed by atoms with Gasteiger partial charge in [-0.05, 0) is 11.6 Å². The molecule has 1 aromatic carbocycles.